The van der Waals surface area contributed by atoms with E-state index in [1.54, 1.807) is 26.4 Å². The zero-order valence-corrected chi connectivity index (χ0v) is 15.2. The predicted octanol–water partition coefficient (Wildman–Crippen LogP) is 3.18. The minimum absolute atomic E-state index is 0.0565. The summed E-state index contributed by atoms with van der Waals surface area (Å²) in [6.07, 6.45) is 0. The summed E-state index contributed by atoms with van der Waals surface area (Å²) in [6.45, 7) is 4.61. The van der Waals surface area contributed by atoms with Gasteiger partial charge in [0.1, 0.15) is 5.75 Å². The lowest BCUT2D eigenvalue weighted by Crippen LogP contribution is -2.38. The molecular weight excluding hydrogens is 318 g/mol. The number of methoxy groups -OCH3 is 2. The highest BCUT2D eigenvalue weighted by molar-refractivity contribution is 5.77. The average Bonchev–Trinajstić information content (AvgIpc) is 2.65. The van der Waals surface area contributed by atoms with Gasteiger partial charge in [0, 0.05) is 12.0 Å². The zero-order valence-electron chi connectivity index (χ0n) is 15.2. The third-order valence-corrected chi connectivity index (χ3v) is 4.03. The van der Waals surface area contributed by atoms with Crippen LogP contribution in [-0.2, 0) is 10.2 Å². The first-order chi connectivity index (χ1) is 12.0. The van der Waals surface area contributed by atoms with Crippen molar-refractivity contribution in [3.05, 3.63) is 54.1 Å². The van der Waals surface area contributed by atoms with Crippen molar-refractivity contribution in [2.75, 3.05) is 27.4 Å². The SMILES string of the molecule is COc1ccc(C(C)(C)CNC(=O)COc2ccccc2OC)cc1. The van der Waals surface area contributed by atoms with E-state index >= 15 is 0 Å². The predicted molar refractivity (Wildman–Crippen MR) is 97.5 cm³/mol. The minimum Gasteiger partial charge on any atom is -0.497 e. The number of para-hydroxylation sites is 2. The molecule has 0 atom stereocenters. The van der Waals surface area contributed by atoms with E-state index in [4.69, 9.17) is 14.2 Å². The monoisotopic (exact) mass is 343 g/mol. The van der Waals surface area contributed by atoms with Crippen LogP contribution < -0.4 is 19.5 Å². The second kappa shape index (κ2) is 8.42. The largest absolute Gasteiger partial charge is 0.497 e. The van der Waals surface area contributed by atoms with E-state index in [1.807, 2.05) is 36.4 Å². The lowest BCUT2D eigenvalue weighted by molar-refractivity contribution is -0.123. The van der Waals surface area contributed by atoms with Crippen molar-refractivity contribution < 1.29 is 19.0 Å². The van der Waals surface area contributed by atoms with Crippen LogP contribution in [0.2, 0.25) is 0 Å². The second-order valence-electron chi connectivity index (χ2n) is 6.33. The highest BCUT2D eigenvalue weighted by Crippen LogP contribution is 2.26. The molecule has 134 valence electrons. The maximum absolute atomic E-state index is 12.1. The Morgan fingerprint density at radius 3 is 2.20 bits per heavy atom. The molecule has 0 bridgehead atoms. The zero-order chi connectivity index (χ0) is 18.3. The normalized spacial score (nSPS) is 10.9. The van der Waals surface area contributed by atoms with Crippen LogP contribution in [-0.4, -0.2) is 33.3 Å². The van der Waals surface area contributed by atoms with Crippen LogP contribution in [0.15, 0.2) is 48.5 Å². The van der Waals surface area contributed by atoms with Crippen LogP contribution in [0.4, 0.5) is 0 Å². The molecule has 25 heavy (non-hydrogen) atoms. The van der Waals surface area contributed by atoms with Crippen molar-refractivity contribution in [2.24, 2.45) is 0 Å². The van der Waals surface area contributed by atoms with Gasteiger partial charge in [-0.05, 0) is 29.8 Å². The van der Waals surface area contributed by atoms with Crippen LogP contribution in [0.5, 0.6) is 17.2 Å². The van der Waals surface area contributed by atoms with Gasteiger partial charge in [-0.1, -0.05) is 38.1 Å². The Balaban J connectivity index is 1.87. The van der Waals surface area contributed by atoms with E-state index in [2.05, 4.69) is 19.2 Å². The Labute approximate surface area is 148 Å². The van der Waals surface area contributed by atoms with Gasteiger partial charge in [-0.3, -0.25) is 4.79 Å². The van der Waals surface area contributed by atoms with Gasteiger partial charge in [-0.15, -0.1) is 0 Å². The van der Waals surface area contributed by atoms with E-state index in [0.717, 1.165) is 11.3 Å². The summed E-state index contributed by atoms with van der Waals surface area (Å²) >= 11 is 0. The molecular formula is C20H25NO4. The van der Waals surface area contributed by atoms with E-state index in [-0.39, 0.29) is 17.9 Å². The molecule has 5 heteroatoms. The van der Waals surface area contributed by atoms with Crippen LogP contribution in [0.25, 0.3) is 0 Å². The van der Waals surface area contributed by atoms with Gasteiger partial charge in [-0.25, -0.2) is 0 Å². The molecule has 0 saturated heterocycles. The van der Waals surface area contributed by atoms with Gasteiger partial charge in [0.2, 0.25) is 0 Å². The lowest BCUT2D eigenvalue weighted by Gasteiger charge is -2.26. The number of hydrogen-bond acceptors (Lipinski definition) is 4. The van der Waals surface area contributed by atoms with Crippen LogP contribution in [0.1, 0.15) is 19.4 Å². The van der Waals surface area contributed by atoms with Crippen LogP contribution in [0, 0.1) is 0 Å². The topological polar surface area (TPSA) is 56.8 Å². The van der Waals surface area contributed by atoms with Gasteiger partial charge in [-0.2, -0.15) is 0 Å². The summed E-state index contributed by atoms with van der Waals surface area (Å²) in [7, 11) is 3.21. The number of carbonyl (C=O) groups is 1. The Morgan fingerprint density at radius 1 is 0.960 bits per heavy atom. The van der Waals surface area contributed by atoms with E-state index in [0.29, 0.717) is 18.0 Å². The summed E-state index contributed by atoms with van der Waals surface area (Å²) in [4.78, 5) is 12.1. The molecule has 1 amide bonds. The van der Waals surface area contributed by atoms with Crippen molar-refractivity contribution in [1.82, 2.24) is 5.32 Å². The molecule has 0 radical (unpaired) electrons. The van der Waals surface area contributed by atoms with Crippen molar-refractivity contribution in [2.45, 2.75) is 19.3 Å². The first kappa shape index (κ1) is 18.6. The summed E-state index contributed by atoms with van der Waals surface area (Å²) in [6, 6.07) is 15.1. The van der Waals surface area contributed by atoms with Crippen LogP contribution in [0.3, 0.4) is 0 Å². The van der Waals surface area contributed by atoms with Crippen molar-refractivity contribution in [1.29, 1.82) is 0 Å². The maximum atomic E-state index is 12.1. The molecule has 0 spiro atoms. The third-order valence-electron chi connectivity index (χ3n) is 4.03. The number of nitrogens with one attached hydrogen (secondary N) is 1. The molecule has 2 aromatic rings. The Morgan fingerprint density at radius 2 is 1.60 bits per heavy atom. The number of hydrogen-bond donors (Lipinski definition) is 1. The van der Waals surface area contributed by atoms with Crippen molar-refractivity contribution >= 4 is 5.91 Å². The molecule has 0 aromatic heterocycles. The third kappa shape index (κ3) is 5.14. The second-order valence-corrected chi connectivity index (χ2v) is 6.33. The lowest BCUT2D eigenvalue weighted by atomic mass is 9.84. The number of amides is 1. The molecule has 0 unspecified atom stereocenters. The fourth-order valence-electron chi connectivity index (χ4n) is 2.40. The van der Waals surface area contributed by atoms with E-state index < -0.39 is 0 Å². The van der Waals surface area contributed by atoms with Gasteiger partial charge >= 0.3 is 0 Å². The minimum atomic E-state index is -0.202. The Kier molecular flexibility index (Phi) is 6.28. The number of rotatable bonds is 8. The smallest absolute Gasteiger partial charge is 0.257 e. The summed E-state index contributed by atoms with van der Waals surface area (Å²) < 4.78 is 15.9. The quantitative estimate of drug-likeness (QED) is 0.800. The van der Waals surface area contributed by atoms with Gasteiger partial charge in [0.15, 0.2) is 18.1 Å². The molecule has 2 aromatic carbocycles. The van der Waals surface area contributed by atoms with Crippen LogP contribution >= 0.6 is 0 Å². The first-order valence-corrected chi connectivity index (χ1v) is 8.13. The van der Waals surface area contributed by atoms with Gasteiger partial charge < -0.3 is 19.5 Å². The van der Waals surface area contributed by atoms with E-state index in [9.17, 15) is 4.79 Å². The average molecular weight is 343 g/mol. The molecule has 0 aliphatic rings. The molecule has 1 N–H and O–H groups in total. The molecule has 0 aliphatic carbocycles. The number of benzene rings is 2. The standard InChI is InChI=1S/C20H25NO4/c1-20(2,15-9-11-16(23-3)12-10-15)14-21-19(22)13-25-18-8-6-5-7-17(18)24-4/h5-12H,13-14H2,1-4H3,(H,21,22). The fraction of sp³-hybridized carbons (Fsp3) is 0.350. The number of carbonyl (C=O) groups excluding carboxylic acids is 1. The maximum Gasteiger partial charge on any atom is 0.257 e. The summed E-state index contributed by atoms with van der Waals surface area (Å²) in [5.74, 6) is 1.80. The summed E-state index contributed by atoms with van der Waals surface area (Å²) in [5, 5.41) is 2.92. The fourth-order valence-corrected chi connectivity index (χ4v) is 2.40. The highest BCUT2D eigenvalue weighted by Gasteiger charge is 2.21. The highest BCUT2D eigenvalue weighted by atomic mass is 16.5. The molecule has 0 aliphatic heterocycles. The number of ether oxygens (including phenoxy) is 3. The first-order valence-electron chi connectivity index (χ1n) is 8.13. The molecule has 2 rings (SSSR count). The van der Waals surface area contributed by atoms with Crippen molar-refractivity contribution in [3.8, 4) is 17.2 Å². The molecule has 0 heterocycles. The van der Waals surface area contributed by atoms with E-state index in [1.165, 1.54) is 0 Å². The summed E-state index contributed by atoms with van der Waals surface area (Å²) in [5.41, 5.74) is 0.922. The molecule has 5 nitrogen and oxygen atoms in total. The Bertz CT molecular complexity index is 695. The van der Waals surface area contributed by atoms with Crippen molar-refractivity contribution in [3.63, 3.8) is 0 Å². The van der Waals surface area contributed by atoms with Gasteiger partial charge in [0.25, 0.3) is 5.91 Å². The van der Waals surface area contributed by atoms with Gasteiger partial charge in [0.05, 0.1) is 14.2 Å². The molecule has 0 saturated carbocycles. The molecule has 0 fully saturated rings. The Hall–Kier alpha value is -2.69.